The van der Waals surface area contributed by atoms with E-state index in [1.807, 2.05) is 19.1 Å². The maximum Gasteiger partial charge on any atom is 0.485 e. The molecule has 24 heavy (non-hydrogen) atoms. The molecule has 1 heterocycles. The van der Waals surface area contributed by atoms with Gasteiger partial charge < -0.3 is 0 Å². The van der Waals surface area contributed by atoms with Crippen molar-refractivity contribution in [3.05, 3.63) is 40.3 Å². The molecule has 0 bridgehead atoms. The Morgan fingerprint density at radius 3 is 2.75 bits per heavy atom. The average molecular weight is 346 g/mol. The minimum Gasteiger partial charge on any atom is -0.248 e. The zero-order valence-electron chi connectivity index (χ0n) is 14.7. The highest BCUT2D eigenvalue weighted by molar-refractivity contribution is 8.02. The van der Waals surface area contributed by atoms with E-state index < -0.39 is 10.8 Å². The summed E-state index contributed by atoms with van der Waals surface area (Å²) in [5, 5.41) is 3.14. The summed E-state index contributed by atoms with van der Waals surface area (Å²) in [6.45, 7) is 6.13. The lowest BCUT2D eigenvalue weighted by atomic mass is 9.86. The van der Waals surface area contributed by atoms with Gasteiger partial charge in [-0.3, -0.25) is 0 Å². The first-order valence-corrected chi connectivity index (χ1v) is 9.96. The van der Waals surface area contributed by atoms with Gasteiger partial charge in [0.1, 0.15) is 0 Å². The largest absolute Gasteiger partial charge is 0.485 e. The number of amides is 2. The summed E-state index contributed by atoms with van der Waals surface area (Å²) in [6, 6.07) is 0.0689. The Labute approximate surface area is 146 Å². The predicted molar refractivity (Wildman–Crippen MR) is 97.9 cm³/mol. The van der Waals surface area contributed by atoms with Gasteiger partial charge in [-0.05, 0) is 37.0 Å². The van der Waals surface area contributed by atoms with Crippen LogP contribution in [0.3, 0.4) is 0 Å². The number of rotatable bonds is 2. The summed E-state index contributed by atoms with van der Waals surface area (Å²) < 4.78 is 14.1. The second-order valence-corrected chi connectivity index (χ2v) is 8.23. The van der Waals surface area contributed by atoms with Crippen molar-refractivity contribution >= 4 is 22.4 Å². The van der Waals surface area contributed by atoms with Crippen LogP contribution in [0.5, 0.6) is 0 Å². The fourth-order valence-electron chi connectivity index (χ4n) is 3.61. The van der Waals surface area contributed by atoms with Crippen molar-refractivity contribution in [2.45, 2.75) is 58.9 Å². The maximum atomic E-state index is 12.7. The highest BCUT2D eigenvalue weighted by Crippen LogP contribution is 2.32. The van der Waals surface area contributed by atoms with Crippen molar-refractivity contribution in [2.24, 2.45) is 5.92 Å². The molecule has 2 amide bonds. The number of carbonyl (C=O) groups is 1. The lowest BCUT2D eigenvalue weighted by Crippen LogP contribution is -2.44. The van der Waals surface area contributed by atoms with Crippen LogP contribution in [-0.2, 0) is 10.8 Å². The minimum atomic E-state index is -1.26. The van der Waals surface area contributed by atoms with Gasteiger partial charge in [0, 0.05) is 5.70 Å². The van der Waals surface area contributed by atoms with E-state index in [1.165, 1.54) is 18.4 Å². The Morgan fingerprint density at radius 1 is 1.33 bits per heavy atom. The van der Waals surface area contributed by atoms with Crippen molar-refractivity contribution in [1.82, 2.24) is 5.32 Å². The van der Waals surface area contributed by atoms with Crippen molar-refractivity contribution < 1.29 is 13.6 Å². The third-order valence-corrected chi connectivity index (χ3v) is 6.58. The van der Waals surface area contributed by atoms with E-state index in [9.17, 15) is 9.00 Å². The molecule has 0 aromatic rings. The minimum absolute atomic E-state index is 0.151. The van der Waals surface area contributed by atoms with Crippen LogP contribution in [0.15, 0.2) is 34.4 Å². The van der Waals surface area contributed by atoms with Gasteiger partial charge >= 0.3 is 6.03 Å². The van der Waals surface area contributed by atoms with Crippen molar-refractivity contribution in [1.29, 1.82) is 0 Å². The molecule has 1 unspecified atom stereocenters. The molecule has 1 saturated carbocycles. The van der Waals surface area contributed by atoms with E-state index in [-0.39, 0.29) is 12.1 Å². The molecule has 0 aromatic heterocycles. The highest BCUT2D eigenvalue weighted by atomic mass is 32.2. The van der Waals surface area contributed by atoms with E-state index >= 15 is 0 Å². The molecular weight excluding hydrogens is 320 g/mol. The Kier molecular flexibility index (Phi) is 5.09. The van der Waals surface area contributed by atoms with Crippen LogP contribution >= 0.6 is 0 Å². The molecule has 1 aliphatic heterocycles. The van der Waals surface area contributed by atoms with Crippen LogP contribution in [-0.4, -0.2) is 26.4 Å². The van der Waals surface area contributed by atoms with Crippen LogP contribution in [0, 0.1) is 11.8 Å². The van der Waals surface area contributed by atoms with Gasteiger partial charge in [-0.1, -0.05) is 26.7 Å². The Hall–Kier alpha value is -1.62. The van der Waals surface area contributed by atoms with Gasteiger partial charge in [0.2, 0.25) is 0 Å². The molecule has 5 heteroatoms. The molecule has 130 valence electrons. The SMILES string of the molecule is CC1=CC[C-](C2=C(C)[N+](C(=O)N[C@@H]3CCCC[C@H]3C)=CS2=O)C=C1. The Balaban J connectivity index is 1.74. The zero-order chi connectivity index (χ0) is 17.3. The fourth-order valence-corrected chi connectivity index (χ4v) is 4.96. The number of hydrogen-bond acceptors (Lipinski definition) is 2. The third-order valence-electron chi connectivity index (χ3n) is 5.21. The lowest BCUT2D eigenvalue weighted by Gasteiger charge is -2.26. The first kappa shape index (κ1) is 17.2. The first-order chi connectivity index (χ1) is 11.5. The number of allylic oxidation sites excluding steroid dienone is 6. The highest BCUT2D eigenvalue weighted by Gasteiger charge is 2.32. The molecule has 3 rings (SSSR count). The van der Waals surface area contributed by atoms with Gasteiger partial charge in [0.05, 0.1) is 16.8 Å². The summed E-state index contributed by atoms with van der Waals surface area (Å²) in [5.41, 5.74) is 3.53. The topological polar surface area (TPSA) is 49.2 Å². The Morgan fingerprint density at radius 2 is 2.08 bits per heavy atom. The van der Waals surface area contributed by atoms with E-state index in [4.69, 9.17) is 0 Å². The number of nitrogens with one attached hydrogen (secondary N) is 1. The normalized spacial score (nSPS) is 30.3. The van der Waals surface area contributed by atoms with Crippen LogP contribution in [0.1, 0.15) is 52.9 Å². The van der Waals surface area contributed by atoms with E-state index in [0.717, 1.165) is 35.8 Å². The smallest absolute Gasteiger partial charge is 0.248 e. The van der Waals surface area contributed by atoms with Gasteiger partial charge in [-0.2, -0.15) is 16.9 Å². The third kappa shape index (κ3) is 3.41. The van der Waals surface area contributed by atoms with E-state index in [0.29, 0.717) is 5.92 Å². The second kappa shape index (κ2) is 7.09. The first-order valence-electron chi connectivity index (χ1n) is 8.74. The molecule has 3 aliphatic rings. The molecule has 4 nitrogen and oxygen atoms in total. The summed E-state index contributed by atoms with van der Waals surface area (Å²) in [4.78, 5) is 13.5. The van der Waals surface area contributed by atoms with E-state index in [1.54, 1.807) is 10.1 Å². The number of hydrogen-bond donors (Lipinski definition) is 1. The summed E-state index contributed by atoms with van der Waals surface area (Å²) in [6.07, 6.45) is 11.5. The second-order valence-electron chi connectivity index (χ2n) is 7.02. The lowest BCUT2D eigenvalue weighted by molar-refractivity contribution is -0.364. The number of nitrogens with zero attached hydrogens (tertiary/aromatic N) is 1. The Bertz CT molecular complexity index is 687. The summed E-state index contributed by atoms with van der Waals surface area (Å²) in [7, 11) is -1.26. The van der Waals surface area contributed by atoms with Crippen molar-refractivity contribution in [3.8, 4) is 0 Å². The number of carbonyl (C=O) groups excluding carboxylic acids is 1. The van der Waals surface area contributed by atoms with Gasteiger partial charge in [0.15, 0.2) is 5.55 Å². The van der Waals surface area contributed by atoms with Crippen LogP contribution in [0.2, 0.25) is 0 Å². The van der Waals surface area contributed by atoms with Gasteiger partial charge in [-0.25, -0.2) is 14.1 Å². The quantitative estimate of drug-likeness (QED) is 0.611. The summed E-state index contributed by atoms with van der Waals surface area (Å²) in [5.74, 6) is 1.54. The molecule has 1 fully saturated rings. The van der Waals surface area contributed by atoms with Gasteiger partial charge in [0.25, 0.3) is 0 Å². The van der Waals surface area contributed by atoms with E-state index in [2.05, 4.69) is 25.2 Å². The molecule has 0 spiro atoms. The molecule has 0 saturated heterocycles. The maximum absolute atomic E-state index is 12.7. The molecular formula is C19H26N2O2S. The molecule has 1 N–H and O–H groups in total. The zero-order valence-corrected chi connectivity index (χ0v) is 15.5. The van der Waals surface area contributed by atoms with Crippen LogP contribution < -0.4 is 5.32 Å². The molecule has 3 atom stereocenters. The standard InChI is InChI=1S/C19H26N2O2S/c1-13-8-10-16(11-9-13)18-15(3)21(12-24(18)23)19(22)20-17-7-5-4-6-14(17)2/h8-10,12,14,17H,4-7,11H2,1-3H3,(H,20,22)/t14-,17-,24?/m1/s1. The number of urea groups is 1. The average Bonchev–Trinajstić information content (AvgIpc) is 2.85. The van der Waals surface area contributed by atoms with Crippen molar-refractivity contribution in [3.63, 3.8) is 0 Å². The molecule has 0 radical (unpaired) electrons. The molecule has 0 aromatic carbocycles. The monoisotopic (exact) mass is 346 g/mol. The predicted octanol–water partition coefficient (Wildman–Crippen LogP) is 3.79. The van der Waals surface area contributed by atoms with Crippen LogP contribution in [0.25, 0.3) is 0 Å². The van der Waals surface area contributed by atoms with Crippen molar-refractivity contribution in [2.75, 3.05) is 0 Å². The van der Waals surface area contributed by atoms with Crippen LogP contribution in [0.4, 0.5) is 4.79 Å². The fraction of sp³-hybridized carbons (Fsp3) is 0.526. The summed E-state index contributed by atoms with van der Waals surface area (Å²) >= 11 is 0. The van der Waals surface area contributed by atoms with Gasteiger partial charge in [-0.15, -0.1) is 17.6 Å². The molecule has 2 aliphatic carbocycles.